The van der Waals surface area contributed by atoms with Gasteiger partial charge in [0.1, 0.15) is 0 Å². The molecule has 4 fully saturated rings. The zero-order valence-electron chi connectivity index (χ0n) is 35.4. The highest BCUT2D eigenvalue weighted by molar-refractivity contribution is 6.33. The molecular weight excluding hydrogens is 829 g/mol. The van der Waals surface area contributed by atoms with Crippen molar-refractivity contribution in [3.63, 3.8) is 0 Å². The molecule has 1 atom stereocenters. The van der Waals surface area contributed by atoms with Gasteiger partial charge in [0.05, 0.1) is 29.4 Å². The number of hydrogen-bond acceptors (Lipinski definition) is 10. The van der Waals surface area contributed by atoms with E-state index in [4.69, 9.17) is 26.8 Å². The number of para-hydroxylation sites is 1. The van der Waals surface area contributed by atoms with Gasteiger partial charge in [0.15, 0.2) is 6.10 Å². The van der Waals surface area contributed by atoms with Crippen molar-refractivity contribution >= 4 is 47.0 Å². The van der Waals surface area contributed by atoms with E-state index in [1.807, 2.05) is 24.3 Å². The Labute approximate surface area is 366 Å². The Balaban J connectivity index is 0.913. The van der Waals surface area contributed by atoms with Gasteiger partial charge in [0.25, 0.3) is 5.91 Å². The molecule has 14 nitrogen and oxygen atoms in total. The van der Waals surface area contributed by atoms with E-state index in [0.717, 1.165) is 69.6 Å². The zero-order chi connectivity index (χ0) is 43.8. The van der Waals surface area contributed by atoms with Crippen LogP contribution in [0.1, 0.15) is 68.1 Å². The minimum absolute atomic E-state index is 0.0589. The van der Waals surface area contributed by atoms with Crippen LogP contribution in [0.5, 0.6) is 0 Å². The average Bonchev–Trinajstić information content (AvgIpc) is 3.44. The van der Waals surface area contributed by atoms with Crippen LogP contribution >= 0.6 is 11.6 Å². The molecule has 2 aromatic carbocycles. The molecule has 5 aliphatic heterocycles. The molecule has 3 N–H and O–H groups in total. The number of nitrogen functional groups attached to an aromatic ring is 1. The highest BCUT2D eigenvalue weighted by Crippen LogP contribution is 2.38. The van der Waals surface area contributed by atoms with E-state index in [1.165, 1.54) is 30.2 Å². The van der Waals surface area contributed by atoms with Crippen molar-refractivity contribution < 1.29 is 41.8 Å². The fraction of sp³-hybridized carbons (Fsp3) is 0.636. The van der Waals surface area contributed by atoms with Gasteiger partial charge in [-0.2, -0.15) is 13.2 Å². The fourth-order valence-electron chi connectivity index (χ4n) is 9.54. The lowest BCUT2D eigenvalue weighted by molar-refractivity contribution is -0.145. The van der Waals surface area contributed by atoms with Crippen LogP contribution in [0.4, 0.5) is 34.1 Å². The number of esters is 1. The topological polar surface area (TPSA) is 144 Å². The third-order valence-electron chi connectivity index (χ3n) is 13.1. The highest BCUT2D eigenvalue weighted by atomic mass is 35.5. The molecule has 5 heterocycles. The number of urea groups is 1. The van der Waals surface area contributed by atoms with Gasteiger partial charge in [-0.15, -0.1) is 0 Å². The Bertz CT molecular complexity index is 1880. The molecule has 4 saturated heterocycles. The molecule has 0 aromatic heterocycles. The number of nitrogens with zero attached hydrogens (tertiary/aromatic N) is 6. The molecule has 18 heteroatoms. The second-order valence-electron chi connectivity index (χ2n) is 17.2. The second-order valence-corrected chi connectivity index (χ2v) is 17.6. The molecule has 5 aliphatic rings. The van der Waals surface area contributed by atoms with Crippen molar-refractivity contribution in [2.24, 2.45) is 0 Å². The van der Waals surface area contributed by atoms with E-state index >= 15 is 0 Å². The van der Waals surface area contributed by atoms with Crippen LogP contribution in [-0.4, -0.2) is 163 Å². The summed E-state index contributed by atoms with van der Waals surface area (Å²) in [5.41, 5.74) is 5.86. The zero-order valence-corrected chi connectivity index (χ0v) is 36.1. The van der Waals surface area contributed by atoms with Gasteiger partial charge < -0.3 is 40.1 Å². The number of hydrogen-bond donors (Lipinski definition) is 2. The third kappa shape index (κ3) is 11.8. The van der Waals surface area contributed by atoms with Crippen LogP contribution in [0.3, 0.4) is 0 Å². The lowest BCUT2D eigenvalue weighted by Gasteiger charge is -2.43. The Kier molecular flexibility index (Phi) is 15.4. The summed E-state index contributed by atoms with van der Waals surface area (Å²) in [7, 11) is 0. The Morgan fingerprint density at radius 3 is 2.23 bits per heavy atom. The smallest absolute Gasteiger partial charge is 0.418 e. The van der Waals surface area contributed by atoms with E-state index in [-0.39, 0.29) is 60.7 Å². The summed E-state index contributed by atoms with van der Waals surface area (Å²) in [6.45, 7) is 8.72. The van der Waals surface area contributed by atoms with Gasteiger partial charge in [-0.1, -0.05) is 36.2 Å². The van der Waals surface area contributed by atoms with Gasteiger partial charge in [0.2, 0.25) is 0 Å². The molecule has 0 aliphatic carbocycles. The van der Waals surface area contributed by atoms with Gasteiger partial charge in [0, 0.05) is 89.6 Å². The van der Waals surface area contributed by atoms with Crippen molar-refractivity contribution in [2.45, 2.75) is 88.6 Å². The summed E-state index contributed by atoms with van der Waals surface area (Å²) >= 11 is 6.16. The molecule has 0 unspecified atom stereocenters. The molecule has 0 saturated carbocycles. The van der Waals surface area contributed by atoms with Crippen LogP contribution < -0.4 is 11.1 Å². The first-order valence-corrected chi connectivity index (χ1v) is 22.6. The van der Waals surface area contributed by atoms with Crippen molar-refractivity contribution in [3.05, 3.63) is 58.1 Å². The number of alkyl halides is 3. The Hall–Kier alpha value is -4.32. The number of carbonyl (C=O) groups excluding carboxylic acids is 4. The monoisotopic (exact) mass is 888 g/mol. The SMILES string of the molecule is Nc1c(Cl)cc(C[C@@H](OC(=O)N2CCC(N3CCc4ccccc4NC3=O)CC2)C(=O)N2CCC(N3CCN(CC(=O)OCCCN4CCCCC4)CC3)CC2)cc1C(F)(F)F. The van der Waals surface area contributed by atoms with Crippen molar-refractivity contribution in [2.75, 3.05) is 103 Å². The number of piperidine rings is 3. The van der Waals surface area contributed by atoms with E-state index in [1.54, 1.807) is 9.80 Å². The minimum atomic E-state index is -4.79. The second kappa shape index (κ2) is 20.9. The van der Waals surface area contributed by atoms with E-state index < -0.39 is 35.5 Å². The first-order valence-electron chi connectivity index (χ1n) is 22.2. The molecule has 7 rings (SSSR count). The molecular formula is C44H60ClF3N8O6. The standard InChI is InChI=1S/C44H60ClF3N8O6/c45-36-28-31(27-35(40(36)49)44(46,47)48)29-38(62-43(60)55-19-12-34(13-20-55)56-21-9-32-7-2-3-8-37(32)50-42(56)59)41(58)54-17-10-33(11-18-54)53-24-22-52(23-25-53)30-39(57)61-26-6-16-51-14-4-1-5-15-51/h2-3,7-8,27-28,33-34,38H,1,4-6,9-26,29-30,49H2,(H,50,59)/t38-/m1/s1. The number of likely N-dealkylation sites (tertiary alicyclic amines) is 3. The van der Waals surface area contributed by atoms with Crippen LogP contribution in [-0.2, 0) is 38.1 Å². The molecule has 2 aromatic rings. The summed E-state index contributed by atoms with van der Waals surface area (Å²) in [6.07, 6.45) is 0.328. The van der Waals surface area contributed by atoms with E-state index in [0.29, 0.717) is 58.3 Å². The minimum Gasteiger partial charge on any atom is -0.465 e. The first-order chi connectivity index (χ1) is 29.8. The Morgan fingerprint density at radius 2 is 1.52 bits per heavy atom. The number of carbonyl (C=O) groups is 4. The quantitative estimate of drug-likeness (QED) is 0.158. The average molecular weight is 889 g/mol. The maximum Gasteiger partial charge on any atom is 0.418 e. The number of fused-ring (bicyclic) bond motifs is 1. The van der Waals surface area contributed by atoms with E-state index in [2.05, 4.69) is 20.0 Å². The Morgan fingerprint density at radius 1 is 0.839 bits per heavy atom. The van der Waals surface area contributed by atoms with Gasteiger partial charge in [-0.25, -0.2) is 9.59 Å². The maximum absolute atomic E-state index is 14.2. The molecule has 0 radical (unpaired) electrons. The normalized spacial score (nSPS) is 20.9. The van der Waals surface area contributed by atoms with Crippen LogP contribution in [0, 0.1) is 0 Å². The van der Waals surface area contributed by atoms with Crippen molar-refractivity contribution in [3.8, 4) is 0 Å². The van der Waals surface area contributed by atoms with Crippen LogP contribution in [0.15, 0.2) is 36.4 Å². The molecule has 0 spiro atoms. The lowest BCUT2D eigenvalue weighted by atomic mass is 9.99. The third-order valence-corrected chi connectivity index (χ3v) is 13.4. The fourth-order valence-corrected chi connectivity index (χ4v) is 9.78. The van der Waals surface area contributed by atoms with Crippen LogP contribution in [0.25, 0.3) is 0 Å². The number of anilines is 2. The van der Waals surface area contributed by atoms with Crippen molar-refractivity contribution in [1.29, 1.82) is 0 Å². The number of nitrogens with one attached hydrogen (secondary N) is 1. The summed E-state index contributed by atoms with van der Waals surface area (Å²) in [5, 5.41) is 2.68. The summed E-state index contributed by atoms with van der Waals surface area (Å²) in [6, 6.07) is 9.70. The van der Waals surface area contributed by atoms with Gasteiger partial charge in [-0.05, 0) is 93.8 Å². The number of ether oxygens (including phenoxy) is 2. The summed E-state index contributed by atoms with van der Waals surface area (Å²) in [4.78, 5) is 65.5. The number of benzene rings is 2. The first kappa shape index (κ1) is 45.7. The number of halogens is 4. The number of rotatable bonds is 12. The van der Waals surface area contributed by atoms with E-state index in [9.17, 15) is 32.3 Å². The molecule has 0 bridgehead atoms. The molecule has 62 heavy (non-hydrogen) atoms. The summed E-state index contributed by atoms with van der Waals surface area (Å²) < 4.78 is 53.3. The van der Waals surface area contributed by atoms with Crippen molar-refractivity contribution in [1.82, 2.24) is 29.4 Å². The van der Waals surface area contributed by atoms with Gasteiger partial charge in [-0.3, -0.25) is 19.4 Å². The largest absolute Gasteiger partial charge is 0.465 e. The molecule has 4 amide bonds. The maximum atomic E-state index is 14.2. The highest BCUT2D eigenvalue weighted by Gasteiger charge is 2.39. The van der Waals surface area contributed by atoms with Crippen LogP contribution in [0.2, 0.25) is 5.02 Å². The lowest BCUT2D eigenvalue weighted by Crippen LogP contribution is -2.55. The molecule has 340 valence electrons. The predicted molar refractivity (Wildman–Crippen MR) is 229 cm³/mol. The predicted octanol–water partition coefficient (Wildman–Crippen LogP) is 5.57. The summed E-state index contributed by atoms with van der Waals surface area (Å²) in [5.74, 6) is -0.693. The number of amides is 4. The van der Waals surface area contributed by atoms with Gasteiger partial charge >= 0.3 is 24.3 Å². The number of piperazine rings is 1. The number of nitrogens with two attached hydrogens (primary N) is 1.